The Bertz CT molecular complexity index is 3030. The van der Waals surface area contributed by atoms with Gasteiger partial charge in [-0.25, -0.2) is 9.69 Å². The highest BCUT2D eigenvalue weighted by Crippen LogP contribution is 2.53. The Morgan fingerprint density at radius 3 is 1.20 bits per heavy atom. The first-order chi connectivity index (χ1) is 24.6. The van der Waals surface area contributed by atoms with Crippen LogP contribution in [0.3, 0.4) is 0 Å². The minimum atomic E-state index is 0.403. The van der Waals surface area contributed by atoms with Crippen LogP contribution in [0.1, 0.15) is 11.1 Å². The van der Waals surface area contributed by atoms with Crippen molar-refractivity contribution in [3.05, 3.63) is 155 Å². The van der Waals surface area contributed by atoms with E-state index in [0.717, 1.165) is 76.1 Å². The van der Waals surface area contributed by atoms with Crippen LogP contribution < -0.4 is 0 Å². The third-order valence-electron chi connectivity index (χ3n) is 10.3. The maximum absolute atomic E-state index is 10.1. The summed E-state index contributed by atoms with van der Waals surface area (Å²) in [6.07, 6.45) is 0. The monoisotopic (exact) mass is 628 g/mol. The van der Waals surface area contributed by atoms with Crippen molar-refractivity contribution in [2.45, 2.75) is 0 Å². The van der Waals surface area contributed by atoms with E-state index in [1.165, 1.54) is 21.5 Å². The van der Waals surface area contributed by atoms with Crippen molar-refractivity contribution in [1.29, 1.82) is 10.5 Å². The lowest BCUT2D eigenvalue weighted by Crippen LogP contribution is -1.91. The molecule has 0 fully saturated rings. The maximum Gasteiger partial charge on any atom is 0.189 e. The lowest BCUT2D eigenvalue weighted by Gasteiger charge is -2.18. The van der Waals surface area contributed by atoms with Crippen molar-refractivity contribution >= 4 is 86.8 Å². The molecular formula is C46H20N4. The van der Waals surface area contributed by atoms with E-state index in [-0.39, 0.29) is 0 Å². The van der Waals surface area contributed by atoms with Gasteiger partial charge in [0.05, 0.1) is 25.3 Å². The van der Waals surface area contributed by atoms with Gasteiger partial charge in [-0.05, 0) is 146 Å². The maximum atomic E-state index is 10.1. The summed E-state index contributed by atoms with van der Waals surface area (Å²) in [5.41, 5.74) is 5.17. The van der Waals surface area contributed by atoms with Crippen molar-refractivity contribution in [1.82, 2.24) is 0 Å². The smallest absolute Gasteiger partial charge is 0.189 e. The molecule has 50 heavy (non-hydrogen) atoms. The van der Waals surface area contributed by atoms with E-state index in [4.69, 9.17) is 13.1 Å². The third-order valence-corrected chi connectivity index (χ3v) is 10.3. The van der Waals surface area contributed by atoms with E-state index >= 15 is 0 Å². The SMILES string of the molecule is [C-]#[N+]c1cc(C#N)cc(-c2c3cc4c(cc3c(-c3cc(C#N)cc([N+]#[C-])c3)c3c5cccc6cccc(c23)c65)c2cccc3cccc4c32)c1. The molecule has 0 atom stereocenters. The van der Waals surface area contributed by atoms with Gasteiger partial charge in [-0.3, -0.25) is 0 Å². The number of nitrogens with zero attached hydrogens (tertiary/aromatic N) is 4. The first-order valence-corrected chi connectivity index (χ1v) is 16.2. The molecular weight excluding hydrogens is 609 g/mol. The van der Waals surface area contributed by atoms with Crippen LogP contribution in [0.2, 0.25) is 0 Å². The Balaban J connectivity index is 1.56. The van der Waals surface area contributed by atoms with Crippen LogP contribution >= 0.6 is 0 Å². The molecule has 0 amide bonds. The van der Waals surface area contributed by atoms with Gasteiger partial charge in [0.2, 0.25) is 0 Å². The van der Waals surface area contributed by atoms with Crippen LogP contribution in [0.4, 0.5) is 11.4 Å². The molecule has 10 aromatic carbocycles. The van der Waals surface area contributed by atoms with E-state index in [2.05, 4.69) is 107 Å². The first kappa shape index (κ1) is 27.6. The number of hydrogen-bond donors (Lipinski definition) is 0. The van der Waals surface area contributed by atoms with Crippen molar-refractivity contribution in [2.75, 3.05) is 0 Å². The van der Waals surface area contributed by atoms with Gasteiger partial charge in [0.25, 0.3) is 0 Å². The molecule has 10 aromatic rings. The van der Waals surface area contributed by atoms with Crippen LogP contribution in [-0.4, -0.2) is 0 Å². The molecule has 224 valence electrons. The fourth-order valence-corrected chi connectivity index (χ4v) is 8.43. The summed E-state index contributed by atoms with van der Waals surface area (Å²) >= 11 is 0. The minimum absolute atomic E-state index is 0.403. The second-order valence-corrected chi connectivity index (χ2v) is 12.8. The minimum Gasteiger partial charge on any atom is -0.238 e. The number of benzene rings is 8. The standard InChI is InChI=1S/C46H20N4/c1-49-31-17-25(23-47)15-29(19-31)43-39-21-37-33-11-3-7-27-8-4-12-34(41(27)33)38(37)22-40(39)44(30-16-26(24-48)18-32(20-30)50-2)46-36-14-6-10-28-9-5-13-35(42(28)36)45(43)46/h3-22H. The van der Waals surface area contributed by atoms with Crippen LogP contribution in [0.15, 0.2) is 121 Å². The van der Waals surface area contributed by atoms with Crippen LogP contribution in [0.5, 0.6) is 0 Å². The van der Waals surface area contributed by atoms with Crippen molar-refractivity contribution in [3.8, 4) is 34.4 Å². The Morgan fingerprint density at radius 1 is 0.400 bits per heavy atom. The molecule has 10 rings (SSSR count). The predicted molar refractivity (Wildman–Crippen MR) is 204 cm³/mol. The lowest BCUT2D eigenvalue weighted by molar-refractivity contribution is 1.49. The summed E-state index contributed by atoms with van der Waals surface area (Å²) in [7, 11) is 0. The number of fused-ring (bicyclic) bond motifs is 7. The Kier molecular flexibility index (Phi) is 5.52. The molecule has 0 aromatic heterocycles. The molecule has 0 aliphatic rings. The van der Waals surface area contributed by atoms with Crippen molar-refractivity contribution < 1.29 is 0 Å². The second kappa shape index (κ2) is 10.0. The average Bonchev–Trinajstić information content (AvgIpc) is 3.67. The summed E-state index contributed by atoms with van der Waals surface area (Å²) in [5.74, 6) is 0. The van der Waals surface area contributed by atoms with Crippen LogP contribution in [-0.2, 0) is 0 Å². The molecule has 4 nitrogen and oxygen atoms in total. The first-order valence-electron chi connectivity index (χ1n) is 16.2. The normalized spacial score (nSPS) is 11.5. The predicted octanol–water partition coefficient (Wildman–Crippen LogP) is 12.8. The zero-order valence-electron chi connectivity index (χ0n) is 26.3. The van der Waals surface area contributed by atoms with E-state index in [0.29, 0.717) is 22.5 Å². The lowest BCUT2D eigenvalue weighted by atomic mass is 9.85. The van der Waals surface area contributed by atoms with Gasteiger partial charge in [0, 0.05) is 11.1 Å². The average molecular weight is 629 g/mol. The number of nitriles is 2. The number of rotatable bonds is 2. The molecule has 0 N–H and O–H groups in total. The zero-order chi connectivity index (χ0) is 33.7. The van der Waals surface area contributed by atoms with Crippen LogP contribution in [0.25, 0.3) is 107 Å². The molecule has 0 aliphatic carbocycles. The summed E-state index contributed by atoms with van der Waals surface area (Å²) in [4.78, 5) is 7.54. The second-order valence-electron chi connectivity index (χ2n) is 12.8. The Labute approximate surface area is 286 Å². The van der Waals surface area contributed by atoms with Crippen molar-refractivity contribution in [2.24, 2.45) is 0 Å². The van der Waals surface area contributed by atoms with E-state index < -0.39 is 0 Å². The fraction of sp³-hybridized carbons (Fsp3) is 0. The largest absolute Gasteiger partial charge is 0.238 e. The Hall–Kier alpha value is -7.50. The summed E-state index contributed by atoms with van der Waals surface area (Å²) in [6.45, 7) is 15.8. The summed E-state index contributed by atoms with van der Waals surface area (Å²) < 4.78 is 0. The molecule has 4 heteroatoms. The van der Waals surface area contributed by atoms with Gasteiger partial charge in [0.15, 0.2) is 11.4 Å². The van der Waals surface area contributed by atoms with Gasteiger partial charge in [0.1, 0.15) is 0 Å². The zero-order valence-corrected chi connectivity index (χ0v) is 26.3. The van der Waals surface area contributed by atoms with Crippen LogP contribution in [0, 0.1) is 35.8 Å². The highest BCUT2D eigenvalue weighted by molar-refractivity contribution is 6.42. The molecule has 0 radical (unpaired) electrons. The van der Waals surface area contributed by atoms with E-state index in [1.54, 1.807) is 12.1 Å². The molecule has 0 saturated carbocycles. The van der Waals surface area contributed by atoms with Gasteiger partial charge < -0.3 is 0 Å². The Morgan fingerprint density at radius 2 is 0.800 bits per heavy atom. The highest BCUT2D eigenvalue weighted by Gasteiger charge is 2.25. The highest BCUT2D eigenvalue weighted by atomic mass is 14.6. The fourth-order valence-electron chi connectivity index (χ4n) is 8.43. The molecule has 0 spiro atoms. The quantitative estimate of drug-likeness (QED) is 0.179. The molecule has 0 aliphatic heterocycles. The van der Waals surface area contributed by atoms with Gasteiger partial charge in [-0.2, -0.15) is 10.5 Å². The molecule has 0 unspecified atom stereocenters. The number of hydrogen-bond acceptors (Lipinski definition) is 2. The molecule has 0 heterocycles. The summed E-state index contributed by atoms with van der Waals surface area (Å²) in [5, 5.41) is 35.6. The molecule has 0 bridgehead atoms. The van der Waals surface area contributed by atoms with E-state index in [9.17, 15) is 10.5 Å². The van der Waals surface area contributed by atoms with Gasteiger partial charge in [-0.1, -0.05) is 72.8 Å². The molecule has 0 saturated heterocycles. The van der Waals surface area contributed by atoms with Gasteiger partial charge >= 0.3 is 0 Å². The summed E-state index contributed by atoms with van der Waals surface area (Å²) in [6, 6.07) is 45.6. The van der Waals surface area contributed by atoms with E-state index in [1.807, 2.05) is 24.3 Å². The van der Waals surface area contributed by atoms with Crippen molar-refractivity contribution in [3.63, 3.8) is 0 Å². The van der Waals surface area contributed by atoms with Gasteiger partial charge in [-0.15, -0.1) is 0 Å². The topological polar surface area (TPSA) is 56.3 Å². The third kappa shape index (κ3) is 3.60.